The number of cyclic esters (lactones) is 1. The van der Waals surface area contributed by atoms with Gasteiger partial charge in [0, 0.05) is 24.2 Å². The second-order valence-corrected chi connectivity index (χ2v) is 12.6. The summed E-state index contributed by atoms with van der Waals surface area (Å²) in [5, 5.41) is 10.7. The number of hydrogen-bond acceptors (Lipinski definition) is 6. The van der Waals surface area contributed by atoms with E-state index in [1.807, 2.05) is 39.0 Å². The molecule has 0 bridgehead atoms. The van der Waals surface area contributed by atoms with Crippen LogP contribution in [-0.4, -0.2) is 30.1 Å². The monoisotopic (exact) mass is 616 g/mol. The highest BCUT2D eigenvalue weighted by molar-refractivity contribution is 7.92. The number of aliphatic hydroxyl groups excluding tert-OH is 1. The Labute approximate surface area is 249 Å². The third-order valence-electron chi connectivity index (χ3n) is 7.62. The molecule has 2 heterocycles. The number of halogens is 3. The first kappa shape index (κ1) is 32.1. The van der Waals surface area contributed by atoms with E-state index in [1.54, 1.807) is 12.1 Å². The fraction of sp³-hybridized carbons (Fsp3) is 0.375. The van der Waals surface area contributed by atoms with Crippen molar-refractivity contribution in [1.82, 2.24) is 4.98 Å². The molecule has 11 heteroatoms. The number of anilines is 1. The van der Waals surface area contributed by atoms with E-state index in [0.717, 1.165) is 23.6 Å². The number of ether oxygens (including phenoxy) is 1. The molecule has 0 fully saturated rings. The molecule has 1 aliphatic heterocycles. The predicted molar refractivity (Wildman–Crippen MR) is 157 cm³/mol. The summed E-state index contributed by atoms with van der Waals surface area (Å²) in [6.07, 6.45) is -1.01. The summed E-state index contributed by atoms with van der Waals surface area (Å²) in [5.41, 5.74) is 1.17. The SMILES string of the molecule is CCC[C@@]1(CCc2cccc(C)c2)CC(O)=C([C@H](CC)c2cccc(NS(=O)(=O)c3ccc(C(F)(F)F)cn3)c2)C(=O)O1. The predicted octanol–water partition coefficient (Wildman–Crippen LogP) is 7.63. The molecule has 1 aliphatic rings. The quantitative estimate of drug-likeness (QED) is 0.215. The molecule has 0 unspecified atom stereocenters. The first-order chi connectivity index (χ1) is 20.3. The minimum Gasteiger partial charge on any atom is -0.512 e. The Morgan fingerprint density at radius 2 is 1.81 bits per heavy atom. The molecule has 43 heavy (non-hydrogen) atoms. The number of alkyl halides is 3. The highest BCUT2D eigenvalue weighted by Crippen LogP contribution is 2.42. The highest BCUT2D eigenvalue weighted by atomic mass is 32.2. The highest BCUT2D eigenvalue weighted by Gasteiger charge is 2.43. The van der Waals surface area contributed by atoms with Gasteiger partial charge in [-0.15, -0.1) is 0 Å². The molecule has 0 saturated carbocycles. The van der Waals surface area contributed by atoms with Crippen LogP contribution in [0, 0.1) is 6.92 Å². The average Bonchev–Trinajstić information content (AvgIpc) is 2.94. The first-order valence-corrected chi connectivity index (χ1v) is 15.6. The van der Waals surface area contributed by atoms with Crippen LogP contribution in [0.1, 0.15) is 74.1 Å². The summed E-state index contributed by atoms with van der Waals surface area (Å²) in [4.78, 5) is 17.0. The van der Waals surface area contributed by atoms with Crippen LogP contribution in [0.15, 0.2) is 83.2 Å². The lowest BCUT2D eigenvalue weighted by atomic mass is 9.80. The van der Waals surface area contributed by atoms with Gasteiger partial charge in [0.05, 0.1) is 11.1 Å². The van der Waals surface area contributed by atoms with Crippen molar-refractivity contribution in [2.45, 2.75) is 82.0 Å². The summed E-state index contributed by atoms with van der Waals surface area (Å²) in [6.45, 7) is 5.86. The van der Waals surface area contributed by atoms with E-state index in [-0.39, 0.29) is 23.4 Å². The van der Waals surface area contributed by atoms with E-state index < -0.39 is 44.3 Å². The molecule has 0 spiro atoms. The number of aliphatic hydroxyl groups is 1. The van der Waals surface area contributed by atoms with Gasteiger partial charge in [-0.05, 0) is 68.0 Å². The van der Waals surface area contributed by atoms with Gasteiger partial charge in [0.25, 0.3) is 10.0 Å². The van der Waals surface area contributed by atoms with Crippen molar-refractivity contribution in [2.24, 2.45) is 0 Å². The van der Waals surface area contributed by atoms with Gasteiger partial charge in [-0.3, -0.25) is 4.72 Å². The molecule has 3 aromatic rings. The lowest BCUT2D eigenvalue weighted by molar-refractivity contribution is -0.161. The number of esters is 1. The molecule has 0 radical (unpaired) electrons. The minimum absolute atomic E-state index is 0.0410. The fourth-order valence-electron chi connectivity index (χ4n) is 5.59. The summed E-state index contributed by atoms with van der Waals surface area (Å²) >= 11 is 0. The van der Waals surface area contributed by atoms with Crippen LogP contribution < -0.4 is 4.72 Å². The maximum atomic E-state index is 13.5. The molecule has 2 aromatic carbocycles. The first-order valence-electron chi connectivity index (χ1n) is 14.1. The van der Waals surface area contributed by atoms with Crippen LogP contribution in [0.3, 0.4) is 0 Å². The number of hydrogen-bond donors (Lipinski definition) is 2. The standard InChI is InChI=1S/C32H35F3N2O5S/c1-4-15-31(16-14-22-9-6-8-21(3)17-22)19-27(38)29(30(39)42-31)26(5-2)23-10-7-11-25(18-23)37-43(40,41)28-13-12-24(20-36-28)32(33,34)35/h6-13,17-18,20,26,37-38H,4-5,14-16,19H2,1-3H3/t26-,31-/m1/s1. The van der Waals surface area contributed by atoms with Crippen molar-refractivity contribution in [2.75, 3.05) is 4.72 Å². The molecule has 2 N–H and O–H groups in total. The van der Waals surface area contributed by atoms with Gasteiger partial charge in [-0.2, -0.15) is 21.6 Å². The maximum absolute atomic E-state index is 13.5. The van der Waals surface area contributed by atoms with Crippen molar-refractivity contribution < 1.29 is 36.2 Å². The Hall–Kier alpha value is -3.86. The van der Waals surface area contributed by atoms with Gasteiger partial charge in [0.1, 0.15) is 11.4 Å². The number of carbonyl (C=O) groups excluding carboxylic acids is 1. The van der Waals surface area contributed by atoms with Crippen LogP contribution in [0.2, 0.25) is 0 Å². The lowest BCUT2D eigenvalue weighted by Crippen LogP contribution is -2.41. The number of sulfonamides is 1. The number of aryl methyl sites for hydroxylation is 2. The maximum Gasteiger partial charge on any atom is 0.417 e. The van der Waals surface area contributed by atoms with Gasteiger partial charge in [0.15, 0.2) is 5.03 Å². The molecule has 0 amide bonds. The summed E-state index contributed by atoms with van der Waals surface area (Å²) in [5.74, 6) is -1.23. The molecule has 2 atom stereocenters. The van der Waals surface area contributed by atoms with E-state index >= 15 is 0 Å². The third-order valence-corrected chi connectivity index (χ3v) is 8.92. The summed E-state index contributed by atoms with van der Waals surface area (Å²) < 4.78 is 72.8. The van der Waals surface area contributed by atoms with Crippen LogP contribution in [-0.2, 0) is 32.2 Å². The number of rotatable bonds is 11. The number of nitrogens with zero attached hydrogens (tertiary/aromatic N) is 1. The van der Waals surface area contributed by atoms with Gasteiger partial charge >= 0.3 is 12.1 Å². The Kier molecular flexibility index (Phi) is 9.54. The molecule has 230 valence electrons. The van der Waals surface area contributed by atoms with Gasteiger partial charge in [0.2, 0.25) is 0 Å². The van der Waals surface area contributed by atoms with E-state index in [9.17, 15) is 31.5 Å². The number of carbonyl (C=O) groups is 1. The summed E-state index contributed by atoms with van der Waals surface area (Å²) in [7, 11) is -4.31. The van der Waals surface area contributed by atoms with Gasteiger partial charge < -0.3 is 9.84 Å². The van der Waals surface area contributed by atoms with Crippen LogP contribution in [0.25, 0.3) is 0 Å². The van der Waals surface area contributed by atoms with Crippen molar-refractivity contribution in [1.29, 1.82) is 0 Å². The van der Waals surface area contributed by atoms with E-state index in [1.165, 1.54) is 12.1 Å². The van der Waals surface area contributed by atoms with Crippen molar-refractivity contribution in [3.63, 3.8) is 0 Å². The van der Waals surface area contributed by atoms with Crippen molar-refractivity contribution in [3.05, 3.63) is 100 Å². The molecular formula is C32H35F3N2O5S. The zero-order valence-electron chi connectivity index (χ0n) is 24.2. The zero-order valence-corrected chi connectivity index (χ0v) is 25.1. The Morgan fingerprint density at radius 1 is 1.07 bits per heavy atom. The second kappa shape index (κ2) is 12.8. The van der Waals surface area contributed by atoms with E-state index in [0.29, 0.717) is 43.5 Å². The smallest absolute Gasteiger partial charge is 0.417 e. The largest absolute Gasteiger partial charge is 0.512 e. The number of pyridine rings is 1. The third kappa shape index (κ3) is 7.57. The molecule has 0 saturated heterocycles. The fourth-order valence-corrected chi connectivity index (χ4v) is 6.57. The average molecular weight is 617 g/mol. The second-order valence-electron chi connectivity index (χ2n) is 10.9. The van der Waals surface area contributed by atoms with E-state index in [4.69, 9.17) is 4.74 Å². The van der Waals surface area contributed by atoms with Crippen molar-refractivity contribution >= 4 is 21.7 Å². The number of nitrogens with one attached hydrogen (secondary N) is 1. The van der Waals surface area contributed by atoms with Crippen LogP contribution in [0.4, 0.5) is 18.9 Å². The summed E-state index contributed by atoms with van der Waals surface area (Å²) in [6, 6.07) is 15.8. The normalized spacial score (nSPS) is 18.3. The lowest BCUT2D eigenvalue weighted by Gasteiger charge is -2.38. The Balaban J connectivity index is 1.57. The number of benzene rings is 2. The van der Waals surface area contributed by atoms with Gasteiger partial charge in [-0.25, -0.2) is 9.78 Å². The van der Waals surface area contributed by atoms with Gasteiger partial charge in [-0.1, -0.05) is 62.2 Å². The molecular weight excluding hydrogens is 581 g/mol. The van der Waals surface area contributed by atoms with Crippen molar-refractivity contribution in [3.8, 4) is 0 Å². The molecule has 4 rings (SSSR count). The zero-order chi connectivity index (χ0) is 31.4. The molecule has 7 nitrogen and oxygen atoms in total. The number of aromatic nitrogens is 1. The topological polar surface area (TPSA) is 106 Å². The molecule has 1 aromatic heterocycles. The van der Waals surface area contributed by atoms with Crippen LogP contribution in [0.5, 0.6) is 0 Å². The van der Waals surface area contributed by atoms with Crippen LogP contribution >= 0.6 is 0 Å². The Bertz CT molecular complexity index is 1600. The minimum atomic E-state index is -4.65. The molecule has 0 aliphatic carbocycles. The van der Waals surface area contributed by atoms with E-state index in [2.05, 4.69) is 15.8 Å². The Morgan fingerprint density at radius 3 is 2.42 bits per heavy atom.